The van der Waals surface area contributed by atoms with Crippen molar-refractivity contribution in [1.29, 1.82) is 0 Å². The van der Waals surface area contributed by atoms with Crippen LogP contribution >= 0.6 is 0 Å². The first kappa shape index (κ1) is 19.1. The van der Waals surface area contributed by atoms with E-state index in [1.54, 1.807) is 0 Å². The predicted molar refractivity (Wildman–Crippen MR) is 105 cm³/mol. The van der Waals surface area contributed by atoms with Crippen molar-refractivity contribution in [2.45, 2.75) is 32.7 Å². The number of aromatic nitrogens is 2. The van der Waals surface area contributed by atoms with Gasteiger partial charge in [0.1, 0.15) is 0 Å². The highest BCUT2D eigenvalue weighted by Gasteiger charge is 2.29. The van der Waals surface area contributed by atoms with Crippen molar-refractivity contribution >= 4 is 5.91 Å². The number of carbonyl (C=O) groups is 1. The summed E-state index contributed by atoms with van der Waals surface area (Å²) in [5, 5.41) is 4.13. The van der Waals surface area contributed by atoms with Crippen molar-refractivity contribution in [2.75, 3.05) is 39.4 Å². The molecule has 0 aliphatic carbocycles. The van der Waals surface area contributed by atoms with Gasteiger partial charge in [-0.3, -0.25) is 9.69 Å². The van der Waals surface area contributed by atoms with E-state index in [9.17, 15) is 4.79 Å². The third-order valence-corrected chi connectivity index (χ3v) is 5.71. The van der Waals surface area contributed by atoms with Crippen LogP contribution in [0.15, 0.2) is 28.8 Å². The Morgan fingerprint density at radius 3 is 2.50 bits per heavy atom. The van der Waals surface area contributed by atoms with Gasteiger partial charge >= 0.3 is 0 Å². The Balaban J connectivity index is 1.29. The van der Waals surface area contributed by atoms with Crippen LogP contribution in [0.2, 0.25) is 0 Å². The highest BCUT2D eigenvalue weighted by Crippen LogP contribution is 2.22. The summed E-state index contributed by atoms with van der Waals surface area (Å²) in [6.07, 6.45) is 2.78. The van der Waals surface area contributed by atoms with Crippen LogP contribution in [-0.2, 0) is 22.5 Å². The summed E-state index contributed by atoms with van der Waals surface area (Å²) >= 11 is 0. The molecule has 1 amide bonds. The molecular weight excluding hydrogens is 356 g/mol. The molecule has 7 heteroatoms. The minimum atomic E-state index is 0.129. The number of rotatable bonds is 5. The van der Waals surface area contributed by atoms with E-state index in [-0.39, 0.29) is 5.92 Å². The van der Waals surface area contributed by atoms with Gasteiger partial charge in [0.15, 0.2) is 0 Å². The summed E-state index contributed by atoms with van der Waals surface area (Å²) in [7, 11) is 0. The van der Waals surface area contributed by atoms with Gasteiger partial charge in [-0.25, -0.2) is 0 Å². The lowest BCUT2D eigenvalue weighted by Crippen LogP contribution is -2.46. The van der Waals surface area contributed by atoms with Gasteiger partial charge in [0.25, 0.3) is 0 Å². The van der Waals surface area contributed by atoms with Gasteiger partial charge < -0.3 is 14.2 Å². The monoisotopic (exact) mass is 384 g/mol. The molecule has 1 aromatic heterocycles. The Hall–Kier alpha value is -2.25. The lowest BCUT2D eigenvalue weighted by molar-refractivity contribution is -0.141. The molecule has 0 bridgehead atoms. The van der Waals surface area contributed by atoms with Crippen molar-refractivity contribution in [3.05, 3.63) is 35.7 Å². The maximum atomic E-state index is 12.6. The average Bonchev–Trinajstić information content (AvgIpc) is 3.23. The zero-order valence-corrected chi connectivity index (χ0v) is 16.5. The predicted octanol–water partition coefficient (Wildman–Crippen LogP) is 2.37. The van der Waals surface area contributed by atoms with Crippen molar-refractivity contribution in [1.82, 2.24) is 19.9 Å². The highest BCUT2D eigenvalue weighted by atomic mass is 16.5. The molecule has 150 valence electrons. The molecule has 1 aromatic carbocycles. The molecule has 0 radical (unpaired) electrons. The maximum Gasteiger partial charge on any atom is 0.241 e. The number of hydrogen-bond donors (Lipinski definition) is 0. The number of nitrogens with zero attached hydrogens (tertiary/aromatic N) is 4. The quantitative estimate of drug-likeness (QED) is 0.788. The molecule has 0 spiro atoms. The Morgan fingerprint density at radius 2 is 1.82 bits per heavy atom. The Kier molecular flexibility index (Phi) is 6.02. The third kappa shape index (κ3) is 4.42. The van der Waals surface area contributed by atoms with E-state index in [1.165, 1.54) is 5.56 Å². The zero-order valence-electron chi connectivity index (χ0n) is 16.5. The number of aryl methyl sites for hydroxylation is 1. The molecule has 4 rings (SSSR count). The van der Waals surface area contributed by atoms with Gasteiger partial charge in [-0.05, 0) is 37.9 Å². The van der Waals surface area contributed by atoms with Crippen molar-refractivity contribution < 1.29 is 14.1 Å². The van der Waals surface area contributed by atoms with Crippen molar-refractivity contribution in [2.24, 2.45) is 5.92 Å². The number of hydrogen-bond acceptors (Lipinski definition) is 6. The molecule has 0 unspecified atom stereocenters. The SMILES string of the molecule is CCc1ccc(-c2noc(CN3CCC(C(=O)N4CCOCC4)CC3)n2)cc1. The first-order valence-corrected chi connectivity index (χ1v) is 10.2. The first-order chi connectivity index (χ1) is 13.7. The fourth-order valence-corrected chi connectivity index (χ4v) is 3.90. The molecule has 2 saturated heterocycles. The number of carbonyl (C=O) groups excluding carboxylic acids is 1. The molecule has 7 nitrogen and oxygen atoms in total. The lowest BCUT2D eigenvalue weighted by atomic mass is 9.95. The van der Waals surface area contributed by atoms with E-state index in [1.807, 2.05) is 17.0 Å². The summed E-state index contributed by atoms with van der Waals surface area (Å²) in [6, 6.07) is 8.27. The van der Waals surface area contributed by atoms with Crippen LogP contribution in [0.1, 0.15) is 31.2 Å². The van der Waals surface area contributed by atoms with Crippen LogP contribution in [0.4, 0.5) is 0 Å². The fourth-order valence-electron chi connectivity index (χ4n) is 3.90. The van der Waals surface area contributed by atoms with Crippen LogP contribution in [0.25, 0.3) is 11.4 Å². The normalized spacial score (nSPS) is 19.1. The number of ether oxygens (including phenoxy) is 1. The molecule has 2 aromatic rings. The number of piperidine rings is 1. The van der Waals surface area contributed by atoms with E-state index in [0.29, 0.717) is 37.4 Å². The summed E-state index contributed by atoms with van der Waals surface area (Å²) in [6.45, 7) is 7.30. The molecule has 3 heterocycles. The van der Waals surface area contributed by atoms with Gasteiger partial charge in [-0.1, -0.05) is 36.3 Å². The molecule has 2 fully saturated rings. The van der Waals surface area contributed by atoms with Gasteiger partial charge in [0.05, 0.1) is 19.8 Å². The molecule has 0 N–H and O–H groups in total. The molecule has 2 aliphatic heterocycles. The van der Waals surface area contributed by atoms with Crippen molar-refractivity contribution in [3.63, 3.8) is 0 Å². The number of morpholine rings is 1. The average molecular weight is 384 g/mol. The van der Waals surface area contributed by atoms with Crippen LogP contribution in [0.3, 0.4) is 0 Å². The van der Waals surface area contributed by atoms with E-state index >= 15 is 0 Å². The topological polar surface area (TPSA) is 71.7 Å². The van der Waals surface area contributed by atoms with Crippen LogP contribution in [-0.4, -0.2) is 65.2 Å². The Morgan fingerprint density at radius 1 is 1.11 bits per heavy atom. The number of benzene rings is 1. The molecule has 28 heavy (non-hydrogen) atoms. The van der Waals surface area contributed by atoms with Gasteiger partial charge in [-0.15, -0.1) is 0 Å². The van der Waals surface area contributed by atoms with Gasteiger partial charge in [0.2, 0.25) is 17.6 Å². The lowest BCUT2D eigenvalue weighted by Gasteiger charge is -2.35. The number of amides is 1. The Labute approximate surface area is 165 Å². The standard InChI is InChI=1S/C21H28N4O3/c1-2-16-3-5-17(6-4-16)20-22-19(28-23-20)15-24-9-7-18(8-10-24)21(26)25-11-13-27-14-12-25/h3-6,18H,2,7-15H2,1H3. The minimum absolute atomic E-state index is 0.129. The second-order valence-corrected chi connectivity index (χ2v) is 7.55. The largest absolute Gasteiger partial charge is 0.378 e. The summed E-state index contributed by atoms with van der Waals surface area (Å²) in [5.74, 6) is 1.69. The maximum absolute atomic E-state index is 12.6. The van der Waals surface area contributed by atoms with Crippen LogP contribution in [0.5, 0.6) is 0 Å². The fraction of sp³-hybridized carbons (Fsp3) is 0.571. The first-order valence-electron chi connectivity index (χ1n) is 10.2. The van der Waals surface area contributed by atoms with Crippen LogP contribution < -0.4 is 0 Å². The van der Waals surface area contributed by atoms with Crippen molar-refractivity contribution in [3.8, 4) is 11.4 Å². The molecular formula is C21H28N4O3. The third-order valence-electron chi connectivity index (χ3n) is 5.71. The summed E-state index contributed by atoms with van der Waals surface area (Å²) < 4.78 is 10.8. The highest BCUT2D eigenvalue weighted by molar-refractivity contribution is 5.79. The summed E-state index contributed by atoms with van der Waals surface area (Å²) in [5.41, 5.74) is 2.27. The molecule has 2 aliphatic rings. The zero-order chi connectivity index (χ0) is 19.3. The molecule has 0 atom stereocenters. The van der Waals surface area contributed by atoms with Crippen LogP contribution in [0, 0.1) is 5.92 Å². The van der Waals surface area contributed by atoms with E-state index in [0.717, 1.165) is 51.0 Å². The second kappa shape index (κ2) is 8.84. The molecule has 0 saturated carbocycles. The Bertz CT molecular complexity index is 775. The number of likely N-dealkylation sites (tertiary alicyclic amines) is 1. The summed E-state index contributed by atoms with van der Waals surface area (Å²) in [4.78, 5) is 21.4. The second-order valence-electron chi connectivity index (χ2n) is 7.55. The van der Waals surface area contributed by atoms with E-state index in [2.05, 4.69) is 34.1 Å². The smallest absolute Gasteiger partial charge is 0.241 e. The van der Waals surface area contributed by atoms with Gasteiger partial charge in [-0.2, -0.15) is 4.98 Å². The minimum Gasteiger partial charge on any atom is -0.378 e. The van der Waals surface area contributed by atoms with Gasteiger partial charge in [0, 0.05) is 24.6 Å². The van der Waals surface area contributed by atoms with E-state index < -0.39 is 0 Å². The van der Waals surface area contributed by atoms with E-state index in [4.69, 9.17) is 9.26 Å².